The molecule has 2 aromatic rings. The molecular weight excluding hydrogens is 260 g/mol. The van der Waals surface area contributed by atoms with Gasteiger partial charge in [-0.05, 0) is 24.3 Å². The lowest BCUT2D eigenvalue weighted by Gasteiger charge is -2.09. The van der Waals surface area contributed by atoms with Crippen LogP contribution in [0.15, 0.2) is 36.5 Å². The summed E-state index contributed by atoms with van der Waals surface area (Å²) in [6, 6.07) is 9.40. The number of hydrogen-bond acceptors (Lipinski definition) is 5. The Morgan fingerprint density at radius 2 is 2.15 bits per heavy atom. The van der Waals surface area contributed by atoms with Crippen LogP contribution in [0.4, 0.5) is 0 Å². The average molecular weight is 270 g/mol. The van der Waals surface area contributed by atoms with E-state index in [1.807, 2.05) is 6.07 Å². The molecule has 1 aromatic heterocycles. The van der Waals surface area contributed by atoms with Crippen molar-refractivity contribution >= 4 is 5.97 Å². The quantitative estimate of drug-likeness (QED) is 0.917. The minimum absolute atomic E-state index is 0.0319. The van der Waals surface area contributed by atoms with E-state index in [2.05, 4.69) is 4.98 Å². The number of benzene rings is 1. The van der Waals surface area contributed by atoms with Crippen LogP contribution in [0, 0.1) is 11.3 Å². The van der Waals surface area contributed by atoms with E-state index < -0.39 is 5.97 Å². The molecule has 1 heterocycles. The van der Waals surface area contributed by atoms with Crippen LogP contribution in [0.25, 0.3) is 0 Å². The lowest BCUT2D eigenvalue weighted by Crippen LogP contribution is -2.01. The number of rotatable bonds is 4. The minimum Gasteiger partial charge on any atom is -0.497 e. The third-order valence-electron chi connectivity index (χ3n) is 2.50. The summed E-state index contributed by atoms with van der Waals surface area (Å²) in [5.41, 5.74) is 0.362. The molecule has 0 atom stereocenters. The molecule has 6 heteroatoms. The third kappa shape index (κ3) is 2.84. The lowest BCUT2D eigenvalue weighted by atomic mass is 10.2. The minimum atomic E-state index is -1.13. The predicted octanol–water partition coefficient (Wildman–Crippen LogP) is 2.45. The highest BCUT2D eigenvalue weighted by atomic mass is 16.5. The Labute approximate surface area is 114 Å². The van der Waals surface area contributed by atoms with E-state index >= 15 is 0 Å². The molecule has 0 aliphatic heterocycles. The van der Waals surface area contributed by atoms with Crippen LogP contribution in [0.3, 0.4) is 0 Å². The Bertz CT molecular complexity index is 675. The van der Waals surface area contributed by atoms with Crippen LogP contribution in [-0.4, -0.2) is 23.2 Å². The topological polar surface area (TPSA) is 92.4 Å². The summed E-state index contributed by atoms with van der Waals surface area (Å²) < 4.78 is 10.4. The Kier molecular flexibility index (Phi) is 3.82. The Morgan fingerprint density at radius 1 is 1.35 bits per heavy atom. The van der Waals surface area contributed by atoms with Crippen molar-refractivity contribution in [1.82, 2.24) is 4.98 Å². The van der Waals surface area contributed by atoms with E-state index in [-0.39, 0.29) is 17.2 Å². The van der Waals surface area contributed by atoms with E-state index in [4.69, 9.17) is 19.8 Å². The maximum absolute atomic E-state index is 11.2. The number of carbonyl (C=O) groups is 1. The molecule has 20 heavy (non-hydrogen) atoms. The highest BCUT2D eigenvalue weighted by Gasteiger charge is 2.14. The second kappa shape index (κ2) is 5.71. The maximum Gasteiger partial charge on any atom is 0.339 e. The molecule has 0 spiro atoms. The number of aromatic nitrogens is 1. The molecule has 0 aliphatic rings. The van der Waals surface area contributed by atoms with Crippen molar-refractivity contribution in [2.24, 2.45) is 0 Å². The summed E-state index contributed by atoms with van der Waals surface area (Å²) >= 11 is 0. The van der Waals surface area contributed by atoms with Crippen LogP contribution in [0.1, 0.15) is 15.9 Å². The summed E-state index contributed by atoms with van der Waals surface area (Å²) in [4.78, 5) is 15.1. The van der Waals surface area contributed by atoms with Crippen LogP contribution in [0.2, 0.25) is 0 Å². The second-order valence-corrected chi connectivity index (χ2v) is 3.77. The number of aromatic carboxylic acids is 1. The fourth-order valence-corrected chi connectivity index (χ4v) is 1.51. The van der Waals surface area contributed by atoms with Gasteiger partial charge in [-0.2, -0.15) is 5.26 Å². The average Bonchev–Trinajstić information content (AvgIpc) is 2.48. The van der Waals surface area contributed by atoms with Gasteiger partial charge in [-0.3, -0.25) is 0 Å². The molecule has 0 bridgehead atoms. The molecule has 0 saturated heterocycles. The van der Waals surface area contributed by atoms with E-state index in [0.717, 1.165) is 0 Å². The van der Waals surface area contributed by atoms with Crippen LogP contribution in [-0.2, 0) is 0 Å². The largest absolute Gasteiger partial charge is 0.497 e. The number of carboxylic acids is 1. The lowest BCUT2D eigenvalue weighted by molar-refractivity contribution is 0.0693. The van der Waals surface area contributed by atoms with Gasteiger partial charge in [-0.1, -0.05) is 0 Å². The number of pyridine rings is 1. The monoisotopic (exact) mass is 270 g/mol. The standard InChI is InChI=1S/C14H10N2O4/c1-19-10-3-4-12(11(6-10)14(17)18)20-13-5-2-9(7-15)8-16-13/h2-6,8H,1H3,(H,17,18). The summed E-state index contributed by atoms with van der Waals surface area (Å²) in [7, 11) is 1.45. The van der Waals surface area contributed by atoms with Gasteiger partial charge in [0, 0.05) is 12.3 Å². The molecule has 0 aliphatic carbocycles. The van der Waals surface area contributed by atoms with Gasteiger partial charge >= 0.3 is 5.97 Å². The molecule has 1 aromatic carbocycles. The van der Waals surface area contributed by atoms with E-state index in [1.54, 1.807) is 6.07 Å². The van der Waals surface area contributed by atoms with E-state index in [9.17, 15) is 4.79 Å². The Balaban J connectivity index is 2.32. The summed E-state index contributed by atoms with van der Waals surface area (Å²) in [5, 5.41) is 17.8. The Hall–Kier alpha value is -3.07. The molecule has 0 unspecified atom stereocenters. The van der Waals surface area contributed by atoms with Crippen molar-refractivity contribution in [2.45, 2.75) is 0 Å². The number of nitrogens with zero attached hydrogens (tertiary/aromatic N) is 2. The van der Waals surface area contributed by atoms with Crippen molar-refractivity contribution in [1.29, 1.82) is 5.26 Å². The van der Waals surface area contributed by atoms with Crippen molar-refractivity contribution < 1.29 is 19.4 Å². The van der Waals surface area contributed by atoms with Crippen LogP contribution >= 0.6 is 0 Å². The van der Waals surface area contributed by atoms with Crippen LogP contribution in [0.5, 0.6) is 17.4 Å². The smallest absolute Gasteiger partial charge is 0.339 e. The zero-order valence-corrected chi connectivity index (χ0v) is 10.5. The highest BCUT2D eigenvalue weighted by molar-refractivity contribution is 5.91. The van der Waals surface area contributed by atoms with Crippen molar-refractivity contribution in [2.75, 3.05) is 7.11 Å². The predicted molar refractivity (Wildman–Crippen MR) is 69.0 cm³/mol. The molecule has 1 N–H and O–H groups in total. The molecule has 0 fully saturated rings. The molecule has 100 valence electrons. The first-order valence-electron chi connectivity index (χ1n) is 5.59. The number of methoxy groups -OCH3 is 1. The van der Waals surface area contributed by atoms with Gasteiger partial charge in [-0.15, -0.1) is 0 Å². The molecular formula is C14H10N2O4. The van der Waals surface area contributed by atoms with Gasteiger partial charge in [-0.25, -0.2) is 9.78 Å². The first kappa shape index (κ1) is 13.4. The molecule has 2 rings (SSSR count). The normalized spacial score (nSPS) is 9.60. The summed E-state index contributed by atoms with van der Waals surface area (Å²) in [5.74, 6) is -0.359. The van der Waals surface area contributed by atoms with Gasteiger partial charge in [0.2, 0.25) is 5.88 Å². The zero-order chi connectivity index (χ0) is 14.5. The summed E-state index contributed by atoms with van der Waals surface area (Å²) in [6.07, 6.45) is 1.35. The zero-order valence-electron chi connectivity index (χ0n) is 10.5. The third-order valence-corrected chi connectivity index (χ3v) is 2.50. The maximum atomic E-state index is 11.2. The SMILES string of the molecule is COc1ccc(Oc2ccc(C#N)cn2)c(C(=O)O)c1. The first-order valence-corrected chi connectivity index (χ1v) is 5.59. The fraction of sp³-hybridized carbons (Fsp3) is 0.0714. The van der Waals surface area contributed by atoms with E-state index in [1.165, 1.54) is 37.6 Å². The van der Waals surface area contributed by atoms with Gasteiger partial charge in [0.15, 0.2) is 0 Å². The first-order chi connectivity index (χ1) is 9.63. The van der Waals surface area contributed by atoms with Gasteiger partial charge in [0.05, 0.1) is 12.7 Å². The summed E-state index contributed by atoms with van der Waals surface area (Å²) in [6.45, 7) is 0. The Morgan fingerprint density at radius 3 is 2.70 bits per heavy atom. The number of hydrogen-bond donors (Lipinski definition) is 1. The number of carboxylic acid groups (broad SMARTS) is 1. The molecule has 0 amide bonds. The molecule has 6 nitrogen and oxygen atoms in total. The van der Waals surface area contributed by atoms with Gasteiger partial charge in [0.25, 0.3) is 0 Å². The molecule has 0 radical (unpaired) electrons. The number of ether oxygens (including phenoxy) is 2. The van der Waals surface area contributed by atoms with Gasteiger partial charge < -0.3 is 14.6 Å². The van der Waals surface area contributed by atoms with Crippen LogP contribution < -0.4 is 9.47 Å². The van der Waals surface area contributed by atoms with Crippen molar-refractivity contribution in [3.05, 3.63) is 47.7 Å². The van der Waals surface area contributed by atoms with Crippen molar-refractivity contribution in [3.63, 3.8) is 0 Å². The van der Waals surface area contributed by atoms with Gasteiger partial charge in [0.1, 0.15) is 23.1 Å². The van der Waals surface area contributed by atoms with E-state index in [0.29, 0.717) is 11.3 Å². The highest BCUT2D eigenvalue weighted by Crippen LogP contribution is 2.27. The molecule has 0 saturated carbocycles. The van der Waals surface area contributed by atoms with Crippen molar-refractivity contribution in [3.8, 4) is 23.4 Å². The second-order valence-electron chi connectivity index (χ2n) is 3.77. The fourth-order valence-electron chi connectivity index (χ4n) is 1.51. The number of nitriles is 1.